The maximum absolute atomic E-state index is 7.09. The molecular formula is C35H30BrCl4N2+. The highest BCUT2D eigenvalue weighted by atomic mass is 79.9. The predicted octanol–water partition coefficient (Wildman–Crippen LogP) is 12.3. The topological polar surface area (TPSA) is 7.12 Å². The standard InChI is InChI=1S/C35H30BrCl4N2/c1-3-5-19-41-25-15-7-11-21(37)29(25)33(30-22(38)12-8-16-26(30)41)35(36)34-31-23(39)13-9-17-27(31)42(20-6-4-2)28-18-10-14-24(40)32(28)34/h7-18H,3-6,19-20H2,1-2H3/q+1. The second-order valence-corrected chi connectivity index (χ2v) is 13.0. The van der Waals surface area contributed by atoms with Gasteiger partial charge in [0.15, 0.2) is 0 Å². The molecule has 0 spiro atoms. The molecule has 0 atom stereocenters. The molecule has 42 heavy (non-hydrogen) atoms. The van der Waals surface area contributed by atoms with Gasteiger partial charge < -0.3 is 4.90 Å². The first kappa shape index (κ1) is 29.8. The normalized spacial score (nSPS) is 12.6. The fourth-order valence-electron chi connectivity index (χ4n) is 6.13. The molecule has 1 aliphatic heterocycles. The van der Waals surface area contributed by atoms with Crippen LogP contribution in [-0.2, 0) is 6.54 Å². The summed E-state index contributed by atoms with van der Waals surface area (Å²) in [5.41, 5.74) is 7.94. The summed E-state index contributed by atoms with van der Waals surface area (Å²) in [5.74, 6) is 0. The molecule has 0 radical (unpaired) electrons. The van der Waals surface area contributed by atoms with E-state index < -0.39 is 0 Å². The molecule has 1 aromatic heterocycles. The van der Waals surface area contributed by atoms with E-state index in [-0.39, 0.29) is 0 Å². The number of nitrogens with zero attached hydrogens (tertiary/aromatic N) is 2. The Morgan fingerprint density at radius 2 is 1.14 bits per heavy atom. The number of anilines is 2. The maximum Gasteiger partial charge on any atom is 0.215 e. The molecule has 214 valence electrons. The first-order valence-electron chi connectivity index (χ1n) is 14.4. The Kier molecular flexibility index (Phi) is 8.78. The lowest BCUT2D eigenvalue weighted by Gasteiger charge is -2.36. The fraction of sp³-hybridized carbons (Fsp3) is 0.229. The van der Waals surface area contributed by atoms with Crippen LogP contribution in [0.1, 0.15) is 56.2 Å². The second kappa shape index (κ2) is 12.4. The van der Waals surface area contributed by atoms with Gasteiger partial charge in [-0.1, -0.05) is 97.4 Å². The molecule has 0 N–H and O–H groups in total. The maximum atomic E-state index is 7.09. The molecule has 0 unspecified atom stereocenters. The highest BCUT2D eigenvalue weighted by Crippen LogP contribution is 2.55. The van der Waals surface area contributed by atoms with E-state index in [2.05, 4.69) is 63.5 Å². The number of hydrogen-bond acceptors (Lipinski definition) is 1. The van der Waals surface area contributed by atoms with E-state index >= 15 is 0 Å². The van der Waals surface area contributed by atoms with Crippen LogP contribution in [0.2, 0.25) is 20.1 Å². The van der Waals surface area contributed by atoms with Gasteiger partial charge in [0.05, 0.1) is 42.2 Å². The molecule has 0 amide bonds. The van der Waals surface area contributed by atoms with E-state index in [1.54, 1.807) is 0 Å². The number of hydrogen-bond donors (Lipinski definition) is 0. The fourth-order valence-corrected chi connectivity index (χ4v) is 7.98. The molecule has 4 aromatic carbocycles. The van der Waals surface area contributed by atoms with Gasteiger partial charge in [-0.15, -0.1) is 0 Å². The van der Waals surface area contributed by atoms with E-state index in [1.165, 1.54) is 0 Å². The minimum atomic E-state index is 0.659. The number of pyridine rings is 1. The third-order valence-corrected chi connectivity index (χ3v) is 10.1. The first-order chi connectivity index (χ1) is 20.4. The van der Waals surface area contributed by atoms with Gasteiger partial charge >= 0.3 is 0 Å². The van der Waals surface area contributed by atoms with Crippen LogP contribution in [0.3, 0.4) is 0 Å². The summed E-state index contributed by atoms with van der Waals surface area (Å²) in [6, 6.07) is 24.4. The predicted molar refractivity (Wildman–Crippen MR) is 186 cm³/mol. The minimum absolute atomic E-state index is 0.659. The SMILES string of the molecule is CCCCN1c2cccc(Cl)c2C(=C(Br)c2c3c(Cl)cccc3[n+](CCCC)c3cccc(Cl)c23)c2c(Cl)cccc21. The highest BCUT2D eigenvalue weighted by Gasteiger charge is 2.34. The quantitative estimate of drug-likeness (QED) is 0.121. The van der Waals surface area contributed by atoms with Crippen molar-refractivity contribution >= 4 is 106 Å². The molecule has 5 aromatic rings. The Hall–Kier alpha value is -2.27. The number of halogens is 5. The van der Waals surface area contributed by atoms with Gasteiger partial charge in [0.2, 0.25) is 11.0 Å². The molecule has 0 saturated carbocycles. The van der Waals surface area contributed by atoms with E-state index in [9.17, 15) is 0 Å². The van der Waals surface area contributed by atoms with Gasteiger partial charge in [-0.05, 0) is 58.7 Å². The van der Waals surface area contributed by atoms with Crippen molar-refractivity contribution in [2.24, 2.45) is 0 Å². The Balaban J connectivity index is 1.81. The average Bonchev–Trinajstić information content (AvgIpc) is 2.98. The van der Waals surface area contributed by atoms with Crippen molar-refractivity contribution in [1.82, 2.24) is 0 Å². The van der Waals surface area contributed by atoms with Crippen LogP contribution in [-0.4, -0.2) is 6.54 Å². The number of fused-ring (bicyclic) bond motifs is 4. The van der Waals surface area contributed by atoms with E-state index in [4.69, 9.17) is 46.4 Å². The summed E-state index contributed by atoms with van der Waals surface area (Å²) in [6.07, 6.45) is 4.22. The van der Waals surface area contributed by atoms with Crippen LogP contribution in [0.25, 0.3) is 31.9 Å². The molecule has 0 fully saturated rings. The van der Waals surface area contributed by atoms with Crippen molar-refractivity contribution in [1.29, 1.82) is 0 Å². The van der Waals surface area contributed by atoms with Crippen molar-refractivity contribution in [3.63, 3.8) is 0 Å². The van der Waals surface area contributed by atoms with Crippen LogP contribution in [0.5, 0.6) is 0 Å². The van der Waals surface area contributed by atoms with Gasteiger partial charge in [-0.2, -0.15) is 4.57 Å². The third-order valence-electron chi connectivity index (χ3n) is 8.04. The van der Waals surface area contributed by atoms with Crippen molar-refractivity contribution < 1.29 is 4.57 Å². The summed E-state index contributed by atoms with van der Waals surface area (Å²) >= 11 is 32.5. The molecule has 6 rings (SSSR count). The summed E-state index contributed by atoms with van der Waals surface area (Å²) in [5, 5.41) is 4.51. The minimum Gasteiger partial charge on any atom is -0.340 e. The second-order valence-electron chi connectivity index (χ2n) is 10.6. The van der Waals surface area contributed by atoms with Crippen LogP contribution in [0, 0.1) is 0 Å². The molecule has 0 aliphatic carbocycles. The van der Waals surface area contributed by atoms with Gasteiger partial charge in [-0.25, -0.2) is 0 Å². The van der Waals surface area contributed by atoms with Crippen LogP contribution < -0.4 is 9.47 Å². The number of benzene rings is 4. The van der Waals surface area contributed by atoms with Gasteiger partial charge in [0, 0.05) is 51.8 Å². The van der Waals surface area contributed by atoms with Gasteiger partial charge in [0.25, 0.3) is 0 Å². The Morgan fingerprint density at radius 1 is 0.667 bits per heavy atom. The van der Waals surface area contributed by atoms with Crippen LogP contribution in [0.15, 0.2) is 72.8 Å². The van der Waals surface area contributed by atoms with Crippen LogP contribution >= 0.6 is 62.3 Å². The zero-order valence-corrected chi connectivity index (χ0v) is 28.1. The van der Waals surface area contributed by atoms with Crippen molar-refractivity contribution in [2.75, 3.05) is 11.4 Å². The lowest BCUT2D eigenvalue weighted by molar-refractivity contribution is -0.645. The summed E-state index contributed by atoms with van der Waals surface area (Å²) < 4.78 is 3.19. The molecule has 1 aliphatic rings. The average molecular weight is 700 g/mol. The van der Waals surface area contributed by atoms with Crippen molar-refractivity contribution in [3.8, 4) is 0 Å². The molecular weight excluding hydrogens is 670 g/mol. The van der Waals surface area contributed by atoms with Gasteiger partial charge in [-0.3, -0.25) is 0 Å². The molecule has 2 nitrogen and oxygen atoms in total. The number of aryl methyl sites for hydroxylation is 1. The number of rotatable bonds is 7. The third kappa shape index (κ3) is 4.92. The van der Waals surface area contributed by atoms with Crippen molar-refractivity contribution in [2.45, 2.75) is 46.1 Å². The molecule has 2 heterocycles. The lowest BCUT2D eigenvalue weighted by Crippen LogP contribution is -2.36. The summed E-state index contributed by atoms with van der Waals surface area (Å²) in [4.78, 5) is 2.34. The Labute approximate surface area is 275 Å². The van der Waals surface area contributed by atoms with Crippen LogP contribution in [0.4, 0.5) is 11.4 Å². The van der Waals surface area contributed by atoms with E-state index in [1.807, 2.05) is 48.5 Å². The number of unbranched alkanes of at least 4 members (excludes halogenated alkanes) is 2. The molecule has 0 saturated heterocycles. The largest absolute Gasteiger partial charge is 0.340 e. The highest BCUT2D eigenvalue weighted by molar-refractivity contribution is 9.15. The first-order valence-corrected chi connectivity index (χ1v) is 16.7. The summed E-state index contributed by atoms with van der Waals surface area (Å²) in [6.45, 7) is 6.12. The monoisotopic (exact) mass is 697 g/mol. The molecule has 0 bridgehead atoms. The Morgan fingerprint density at radius 3 is 1.64 bits per heavy atom. The Bertz CT molecular complexity index is 1760. The molecule has 7 heteroatoms. The number of aromatic nitrogens is 1. The van der Waals surface area contributed by atoms with E-state index in [0.29, 0.717) is 20.1 Å². The summed E-state index contributed by atoms with van der Waals surface area (Å²) in [7, 11) is 0. The van der Waals surface area contributed by atoms with Crippen molar-refractivity contribution in [3.05, 3.63) is 110 Å². The van der Waals surface area contributed by atoms with E-state index in [0.717, 1.165) is 98.7 Å². The zero-order chi connectivity index (χ0) is 29.5. The van der Waals surface area contributed by atoms with Gasteiger partial charge in [0.1, 0.15) is 6.54 Å². The zero-order valence-electron chi connectivity index (χ0n) is 23.5. The smallest absolute Gasteiger partial charge is 0.215 e. The lowest BCUT2D eigenvalue weighted by atomic mass is 9.87.